The van der Waals surface area contributed by atoms with E-state index in [9.17, 15) is 21.6 Å². The van der Waals surface area contributed by atoms with Gasteiger partial charge < -0.3 is 10.2 Å². The number of alkyl halides is 3. The maximum atomic E-state index is 12.6. The Bertz CT molecular complexity index is 556. The van der Waals surface area contributed by atoms with E-state index >= 15 is 0 Å². The van der Waals surface area contributed by atoms with Crippen molar-refractivity contribution in [3.63, 3.8) is 0 Å². The molecule has 0 amide bonds. The standard InChI is InChI=1S/C10H10ClF3O4S/c11-9-2-1-7(3-8(9)10(12,13)14)19(17,18)5-6(16)4-15/h1-3,6,15-16H,4-5H2. The Labute approximate surface area is 112 Å². The SMILES string of the molecule is O=S(=O)(CC(O)CO)c1ccc(Cl)c(C(F)(F)F)c1. The van der Waals surface area contributed by atoms with Crippen LogP contribution >= 0.6 is 11.6 Å². The van der Waals surface area contributed by atoms with Gasteiger partial charge in [0, 0.05) is 0 Å². The number of benzene rings is 1. The summed E-state index contributed by atoms with van der Waals surface area (Å²) in [5.41, 5.74) is -1.27. The lowest BCUT2D eigenvalue weighted by Crippen LogP contribution is -2.24. The second-order valence-electron chi connectivity index (χ2n) is 3.76. The van der Waals surface area contributed by atoms with Crippen molar-refractivity contribution >= 4 is 21.4 Å². The first-order valence-electron chi connectivity index (χ1n) is 4.96. The summed E-state index contributed by atoms with van der Waals surface area (Å²) >= 11 is 5.36. The molecule has 0 saturated heterocycles. The molecule has 108 valence electrons. The molecule has 1 aromatic rings. The normalized spacial score (nSPS) is 14.4. The lowest BCUT2D eigenvalue weighted by atomic mass is 10.2. The molecule has 1 aromatic carbocycles. The Balaban J connectivity index is 3.23. The average Bonchev–Trinajstić information content (AvgIpc) is 2.26. The first-order chi connectivity index (χ1) is 8.58. The molecule has 9 heteroatoms. The molecule has 1 unspecified atom stereocenters. The molecule has 0 aliphatic heterocycles. The predicted octanol–water partition coefficient (Wildman–Crippen LogP) is 1.49. The molecule has 0 aromatic heterocycles. The van der Waals surface area contributed by atoms with Crippen molar-refractivity contribution in [1.82, 2.24) is 0 Å². The molecule has 0 bridgehead atoms. The Morgan fingerprint density at radius 3 is 2.37 bits per heavy atom. The molecule has 1 rings (SSSR count). The van der Waals surface area contributed by atoms with Gasteiger partial charge in [0.2, 0.25) is 0 Å². The van der Waals surface area contributed by atoms with Gasteiger partial charge in [0.15, 0.2) is 9.84 Å². The van der Waals surface area contributed by atoms with E-state index in [2.05, 4.69) is 0 Å². The van der Waals surface area contributed by atoms with E-state index < -0.39 is 50.0 Å². The summed E-state index contributed by atoms with van der Waals surface area (Å²) in [6.07, 6.45) is -6.34. The van der Waals surface area contributed by atoms with Gasteiger partial charge in [-0.1, -0.05) is 11.6 Å². The molecular formula is C10H10ClF3O4S. The predicted molar refractivity (Wildman–Crippen MR) is 61.6 cm³/mol. The third-order valence-corrected chi connectivity index (χ3v) is 4.35. The summed E-state index contributed by atoms with van der Waals surface area (Å²) in [6, 6.07) is 2.14. The number of sulfone groups is 1. The summed E-state index contributed by atoms with van der Waals surface area (Å²) in [4.78, 5) is -0.614. The number of hydrogen-bond acceptors (Lipinski definition) is 4. The van der Waals surface area contributed by atoms with Crippen LogP contribution in [0.25, 0.3) is 0 Å². The molecule has 2 N–H and O–H groups in total. The maximum absolute atomic E-state index is 12.6. The van der Waals surface area contributed by atoms with Gasteiger partial charge in [-0.15, -0.1) is 0 Å². The number of hydrogen-bond donors (Lipinski definition) is 2. The van der Waals surface area contributed by atoms with Crippen LogP contribution in [0.3, 0.4) is 0 Å². The van der Waals surface area contributed by atoms with Crippen molar-refractivity contribution in [3.8, 4) is 0 Å². The van der Waals surface area contributed by atoms with Crippen LogP contribution in [0.1, 0.15) is 5.56 Å². The van der Waals surface area contributed by atoms with Gasteiger partial charge in [0.1, 0.15) is 0 Å². The van der Waals surface area contributed by atoms with E-state index in [4.69, 9.17) is 21.8 Å². The van der Waals surface area contributed by atoms with Gasteiger partial charge in [-0.2, -0.15) is 13.2 Å². The molecule has 1 atom stereocenters. The van der Waals surface area contributed by atoms with Crippen LogP contribution < -0.4 is 0 Å². The maximum Gasteiger partial charge on any atom is 0.417 e. The van der Waals surface area contributed by atoms with Crippen molar-refractivity contribution in [3.05, 3.63) is 28.8 Å². The van der Waals surface area contributed by atoms with Crippen molar-refractivity contribution in [2.75, 3.05) is 12.4 Å². The largest absolute Gasteiger partial charge is 0.417 e. The number of aliphatic hydroxyl groups excluding tert-OH is 2. The third kappa shape index (κ3) is 4.07. The van der Waals surface area contributed by atoms with Crippen LogP contribution in [0.5, 0.6) is 0 Å². The minimum atomic E-state index is -4.78. The Morgan fingerprint density at radius 2 is 1.89 bits per heavy atom. The fourth-order valence-electron chi connectivity index (χ4n) is 1.32. The molecule has 0 aliphatic rings. The van der Waals surface area contributed by atoms with Crippen LogP contribution in [0.4, 0.5) is 13.2 Å². The highest BCUT2D eigenvalue weighted by atomic mass is 35.5. The first kappa shape index (κ1) is 16.2. The van der Waals surface area contributed by atoms with Crippen LogP contribution in [0.15, 0.2) is 23.1 Å². The zero-order chi connectivity index (χ0) is 14.8. The molecular weight excluding hydrogens is 309 g/mol. The van der Waals surface area contributed by atoms with Crippen LogP contribution in [-0.2, 0) is 16.0 Å². The monoisotopic (exact) mass is 318 g/mol. The highest BCUT2D eigenvalue weighted by Crippen LogP contribution is 2.36. The van der Waals surface area contributed by atoms with Crippen molar-refractivity contribution in [1.29, 1.82) is 0 Å². The van der Waals surface area contributed by atoms with E-state index in [1.807, 2.05) is 0 Å². The number of halogens is 4. The van der Waals surface area contributed by atoms with Gasteiger partial charge >= 0.3 is 6.18 Å². The van der Waals surface area contributed by atoms with Gasteiger partial charge in [-0.3, -0.25) is 0 Å². The lowest BCUT2D eigenvalue weighted by Gasteiger charge is -2.12. The van der Waals surface area contributed by atoms with Gasteiger partial charge in [-0.25, -0.2) is 8.42 Å². The summed E-state index contributed by atoms with van der Waals surface area (Å²) in [5, 5.41) is 17.0. The summed E-state index contributed by atoms with van der Waals surface area (Å²) in [5.74, 6) is -0.873. The smallest absolute Gasteiger partial charge is 0.394 e. The van der Waals surface area contributed by atoms with E-state index in [-0.39, 0.29) is 0 Å². The average molecular weight is 319 g/mol. The van der Waals surface area contributed by atoms with Crippen LogP contribution in [0, 0.1) is 0 Å². The third-order valence-electron chi connectivity index (χ3n) is 2.22. The van der Waals surface area contributed by atoms with Crippen molar-refractivity contribution in [2.45, 2.75) is 17.2 Å². The van der Waals surface area contributed by atoms with E-state index in [1.165, 1.54) is 0 Å². The lowest BCUT2D eigenvalue weighted by molar-refractivity contribution is -0.137. The molecule has 0 saturated carbocycles. The number of aliphatic hydroxyl groups is 2. The highest BCUT2D eigenvalue weighted by molar-refractivity contribution is 7.91. The molecule has 4 nitrogen and oxygen atoms in total. The molecule has 0 fully saturated rings. The molecule has 0 radical (unpaired) electrons. The van der Waals surface area contributed by atoms with Crippen LogP contribution in [-0.4, -0.2) is 37.1 Å². The minimum Gasteiger partial charge on any atom is -0.394 e. The fourth-order valence-corrected chi connectivity index (χ4v) is 2.92. The second-order valence-corrected chi connectivity index (χ2v) is 6.20. The Kier molecular flexibility index (Phi) is 4.83. The molecule has 0 spiro atoms. The summed E-state index contributed by atoms with van der Waals surface area (Å²) < 4.78 is 61.2. The topological polar surface area (TPSA) is 74.6 Å². The van der Waals surface area contributed by atoms with Gasteiger partial charge in [-0.05, 0) is 18.2 Å². The quantitative estimate of drug-likeness (QED) is 0.882. The Hall–Kier alpha value is -0.830. The van der Waals surface area contributed by atoms with Crippen molar-refractivity contribution in [2.24, 2.45) is 0 Å². The van der Waals surface area contributed by atoms with Gasteiger partial charge in [0.05, 0.1) is 33.9 Å². The molecule has 0 aliphatic carbocycles. The zero-order valence-electron chi connectivity index (χ0n) is 9.35. The summed E-state index contributed by atoms with van der Waals surface area (Å²) in [7, 11) is -4.14. The van der Waals surface area contributed by atoms with E-state index in [1.54, 1.807) is 0 Å². The van der Waals surface area contributed by atoms with Crippen molar-refractivity contribution < 1.29 is 31.8 Å². The summed E-state index contributed by atoms with van der Waals surface area (Å²) in [6.45, 7) is -0.807. The first-order valence-corrected chi connectivity index (χ1v) is 6.99. The number of rotatable bonds is 4. The second kappa shape index (κ2) is 5.66. The Morgan fingerprint density at radius 1 is 1.32 bits per heavy atom. The molecule has 19 heavy (non-hydrogen) atoms. The molecule has 0 heterocycles. The van der Waals surface area contributed by atoms with Gasteiger partial charge in [0.25, 0.3) is 0 Å². The highest BCUT2D eigenvalue weighted by Gasteiger charge is 2.34. The van der Waals surface area contributed by atoms with E-state index in [0.717, 1.165) is 12.1 Å². The van der Waals surface area contributed by atoms with Crippen LogP contribution in [0.2, 0.25) is 5.02 Å². The fraction of sp³-hybridized carbons (Fsp3) is 0.400. The zero-order valence-corrected chi connectivity index (χ0v) is 10.9. The minimum absolute atomic E-state index is 0.405. The van der Waals surface area contributed by atoms with E-state index in [0.29, 0.717) is 6.07 Å².